The van der Waals surface area contributed by atoms with Gasteiger partial charge < -0.3 is 24.4 Å². The average molecular weight is 533 g/mol. The SMILES string of the molecule is C=CCCCCOC(=O)[C@@H]1[C@H]2C(=O)N(CCCCCO)C(C(=O)N(CC=C)C(C)(C)C)C23CC(C)[C@@]1(C)O3. The zero-order chi connectivity index (χ0) is 28.3. The second-order valence-corrected chi connectivity index (χ2v) is 12.4. The molecule has 8 nitrogen and oxygen atoms in total. The summed E-state index contributed by atoms with van der Waals surface area (Å²) < 4.78 is 12.5. The Morgan fingerprint density at radius 3 is 2.50 bits per heavy atom. The summed E-state index contributed by atoms with van der Waals surface area (Å²) in [6.45, 7) is 18.5. The van der Waals surface area contributed by atoms with Crippen molar-refractivity contribution in [2.45, 2.75) is 102 Å². The second-order valence-electron chi connectivity index (χ2n) is 12.4. The van der Waals surface area contributed by atoms with E-state index in [-0.39, 0.29) is 30.9 Å². The fraction of sp³-hybridized carbons (Fsp3) is 0.767. The molecule has 3 unspecified atom stereocenters. The molecule has 2 amide bonds. The summed E-state index contributed by atoms with van der Waals surface area (Å²) in [5.74, 6) is -2.35. The maximum atomic E-state index is 14.4. The predicted octanol–water partition coefficient (Wildman–Crippen LogP) is 3.87. The van der Waals surface area contributed by atoms with Crippen molar-refractivity contribution in [2.75, 3.05) is 26.3 Å². The van der Waals surface area contributed by atoms with E-state index >= 15 is 0 Å². The Morgan fingerprint density at radius 2 is 1.89 bits per heavy atom. The molecule has 38 heavy (non-hydrogen) atoms. The van der Waals surface area contributed by atoms with Crippen LogP contribution in [-0.4, -0.2) is 81.8 Å². The summed E-state index contributed by atoms with van der Waals surface area (Å²) >= 11 is 0. The Bertz CT molecular complexity index is 913. The summed E-state index contributed by atoms with van der Waals surface area (Å²) in [5.41, 5.74) is -2.47. The van der Waals surface area contributed by atoms with Gasteiger partial charge in [0.05, 0.1) is 18.1 Å². The van der Waals surface area contributed by atoms with Gasteiger partial charge in [-0.1, -0.05) is 19.1 Å². The number of allylic oxidation sites excluding steroid dienone is 1. The fourth-order valence-electron chi connectivity index (χ4n) is 6.81. The maximum absolute atomic E-state index is 14.4. The van der Waals surface area contributed by atoms with Gasteiger partial charge in [0.2, 0.25) is 11.8 Å². The number of nitrogens with zero attached hydrogens (tertiary/aromatic N) is 2. The molecule has 3 aliphatic rings. The number of rotatable bonds is 14. The van der Waals surface area contributed by atoms with Crippen LogP contribution in [-0.2, 0) is 23.9 Å². The number of fused-ring (bicyclic) bond motifs is 1. The molecule has 6 atom stereocenters. The van der Waals surface area contributed by atoms with Crippen LogP contribution in [0.5, 0.6) is 0 Å². The van der Waals surface area contributed by atoms with Gasteiger partial charge in [-0.25, -0.2) is 0 Å². The van der Waals surface area contributed by atoms with E-state index in [1.165, 1.54) is 0 Å². The Hall–Kier alpha value is -2.19. The highest BCUT2D eigenvalue weighted by molar-refractivity contribution is 5.98. The van der Waals surface area contributed by atoms with Crippen LogP contribution in [0.25, 0.3) is 0 Å². The van der Waals surface area contributed by atoms with Crippen LogP contribution in [0.3, 0.4) is 0 Å². The number of amides is 2. The molecular formula is C30H48N2O6. The molecule has 0 aromatic carbocycles. The summed E-state index contributed by atoms with van der Waals surface area (Å²) in [6, 6.07) is -0.831. The number of aliphatic hydroxyl groups is 1. The van der Waals surface area contributed by atoms with E-state index < -0.39 is 40.6 Å². The second kappa shape index (κ2) is 11.9. The van der Waals surface area contributed by atoms with E-state index in [1.807, 2.05) is 40.7 Å². The highest BCUT2D eigenvalue weighted by Crippen LogP contribution is 2.65. The Kier molecular flexibility index (Phi) is 9.51. The molecule has 3 fully saturated rings. The van der Waals surface area contributed by atoms with Crippen LogP contribution in [0.1, 0.15) is 79.6 Å². The lowest BCUT2D eigenvalue weighted by Gasteiger charge is -2.42. The van der Waals surface area contributed by atoms with E-state index in [0.29, 0.717) is 32.4 Å². The minimum absolute atomic E-state index is 0.0306. The third-order valence-electron chi connectivity index (χ3n) is 8.79. The lowest BCUT2D eigenvalue weighted by Crippen LogP contribution is -2.60. The van der Waals surface area contributed by atoms with Gasteiger partial charge in [-0.05, 0) is 78.6 Å². The molecular weight excluding hydrogens is 484 g/mol. The molecule has 3 saturated heterocycles. The molecule has 1 spiro atoms. The summed E-state index contributed by atoms with van der Waals surface area (Å²) in [6.07, 6.45) is 8.54. The zero-order valence-corrected chi connectivity index (χ0v) is 24.0. The minimum atomic E-state index is -1.09. The maximum Gasteiger partial charge on any atom is 0.312 e. The number of likely N-dealkylation sites (tertiary alicyclic amines) is 1. The van der Waals surface area contributed by atoms with Crippen LogP contribution in [0.2, 0.25) is 0 Å². The van der Waals surface area contributed by atoms with E-state index in [2.05, 4.69) is 13.2 Å². The van der Waals surface area contributed by atoms with Crippen molar-refractivity contribution in [3.8, 4) is 0 Å². The molecule has 2 bridgehead atoms. The fourth-order valence-corrected chi connectivity index (χ4v) is 6.81. The van der Waals surface area contributed by atoms with Crippen molar-refractivity contribution in [3.63, 3.8) is 0 Å². The lowest BCUT2D eigenvalue weighted by molar-refractivity contribution is -0.163. The van der Waals surface area contributed by atoms with Crippen molar-refractivity contribution in [1.29, 1.82) is 0 Å². The van der Waals surface area contributed by atoms with Gasteiger partial charge in [-0.3, -0.25) is 14.4 Å². The molecule has 214 valence electrons. The third kappa shape index (κ3) is 5.31. The molecule has 0 aromatic rings. The first kappa shape index (κ1) is 30.4. The zero-order valence-electron chi connectivity index (χ0n) is 24.0. The Balaban J connectivity index is 1.99. The molecule has 8 heteroatoms. The number of ether oxygens (including phenoxy) is 2. The number of hydrogen-bond donors (Lipinski definition) is 1. The van der Waals surface area contributed by atoms with Gasteiger partial charge in [-0.15, -0.1) is 13.2 Å². The first-order valence-electron chi connectivity index (χ1n) is 14.2. The van der Waals surface area contributed by atoms with E-state index in [0.717, 1.165) is 25.7 Å². The van der Waals surface area contributed by atoms with E-state index in [4.69, 9.17) is 9.47 Å². The van der Waals surface area contributed by atoms with Crippen LogP contribution in [0.15, 0.2) is 25.3 Å². The smallest absolute Gasteiger partial charge is 0.312 e. The summed E-state index contributed by atoms with van der Waals surface area (Å²) in [5, 5.41) is 9.23. The van der Waals surface area contributed by atoms with Gasteiger partial charge in [0.1, 0.15) is 17.6 Å². The molecule has 0 radical (unpaired) electrons. The van der Waals surface area contributed by atoms with E-state index in [1.54, 1.807) is 15.9 Å². The standard InChI is InChI=1S/C30H48N2O6/c1-8-10-11-15-19-37-27(36)23-22-25(34)31(17-13-12-14-18-33)24(26(35)32(16-9-2)28(4,5)6)30(22)20-21(3)29(23,7)38-30/h8-9,21-24,33H,1-2,10-20H2,3-7H3/t21?,22-,23-,24?,29+,30?/m0/s1. The van der Waals surface area contributed by atoms with Crippen molar-refractivity contribution < 1.29 is 29.0 Å². The van der Waals surface area contributed by atoms with Gasteiger partial charge in [0.25, 0.3) is 0 Å². The Morgan fingerprint density at radius 1 is 1.18 bits per heavy atom. The van der Waals surface area contributed by atoms with Crippen molar-refractivity contribution in [2.24, 2.45) is 17.8 Å². The van der Waals surface area contributed by atoms with E-state index in [9.17, 15) is 19.5 Å². The molecule has 3 aliphatic heterocycles. The summed E-state index contributed by atoms with van der Waals surface area (Å²) in [7, 11) is 0. The van der Waals surface area contributed by atoms with Crippen LogP contribution >= 0.6 is 0 Å². The van der Waals surface area contributed by atoms with Crippen LogP contribution in [0, 0.1) is 17.8 Å². The largest absolute Gasteiger partial charge is 0.465 e. The third-order valence-corrected chi connectivity index (χ3v) is 8.79. The average Bonchev–Trinajstić information content (AvgIpc) is 3.35. The highest BCUT2D eigenvalue weighted by atomic mass is 16.6. The normalized spacial score (nSPS) is 31.8. The van der Waals surface area contributed by atoms with Crippen molar-refractivity contribution in [1.82, 2.24) is 9.80 Å². The Labute approximate surface area is 228 Å². The van der Waals surface area contributed by atoms with Gasteiger partial charge in [0, 0.05) is 25.2 Å². The minimum Gasteiger partial charge on any atom is -0.465 e. The van der Waals surface area contributed by atoms with Gasteiger partial charge in [-0.2, -0.15) is 0 Å². The van der Waals surface area contributed by atoms with Gasteiger partial charge >= 0.3 is 5.97 Å². The topological polar surface area (TPSA) is 96.4 Å². The molecule has 3 rings (SSSR count). The molecule has 3 heterocycles. The number of hydrogen-bond acceptors (Lipinski definition) is 6. The quantitative estimate of drug-likeness (QED) is 0.207. The first-order chi connectivity index (χ1) is 17.9. The lowest BCUT2D eigenvalue weighted by atomic mass is 9.62. The number of esters is 1. The first-order valence-corrected chi connectivity index (χ1v) is 14.2. The molecule has 0 saturated carbocycles. The van der Waals surface area contributed by atoms with Crippen molar-refractivity contribution in [3.05, 3.63) is 25.3 Å². The van der Waals surface area contributed by atoms with Crippen molar-refractivity contribution >= 4 is 17.8 Å². The number of carbonyl (C=O) groups is 3. The number of aliphatic hydroxyl groups excluding tert-OH is 1. The molecule has 1 N–H and O–H groups in total. The van der Waals surface area contributed by atoms with Crippen LogP contribution in [0.4, 0.5) is 0 Å². The number of carbonyl (C=O) groups excluding carboxylic acids is 3. The summed E-state index contributed by atoms with van der Waals surface area (Å²) in [4.78, 5) is 45.5. The highest BCUT2D eigenvalue weighted by Gasteiger charge is 2.80. The predicted molar refractivity (Wildman–Crippen MR) is 146 cm³/mol. The molecule has 0 aromatic heterocycles. The number of unbranched alkanes of at least 4 members (excludes halogenated alkanes) is 4. The van der Waals surface area contributed by atoms with Crippen LogP contribution < -0.4 is 0 Å². The molecule has 0 aliphatic carbocycles. The van der Waals surface area contributed by atoms with Gasteiger partial charge in [0.15, 0.2) is 0 Å². The monoisotopic (exact) mass is 532 g/mol.